The summed E-state index contributed by atoms with van der Waals surface area (Å²) in [5, 5.41) is 20.4. The van der Waals surface area contributed by atoms with Crippen molar-refractivity contribution >= 4 is 0 Å². The number of hydrogen-bond donors (Lipinski definition) is 2. The first-order valence-electron chi connectivity index (χ1n) is 8.71. The van der Waals surface area contributed by atoms with Gasteiger partial charge in [0.2, 0.25) is 0 Å². The smallest absolute Gasteiger partial charge is 0.0724 e. The molecule has 2 N–H and O–H groups in total. The highest BCUT2D eigenvalue weighted by atomic mass is 16.3. The Labute approximate surface area is 127 Å². The van der Waals surface area contributed by atoms with Gasteiger partial charge >= 0.3 is 0 Å². The summed E-state index contributed by atoms with van der Waals surface area (Å²) < 4.78 is 0. The van der Waals surface area contributed by atoms with Crippen LogP contribution >= 0.6 is 0 Å². The van der Waals surface area contributed by atoms with Gasteiger partial charge in [-0.1, -0.05) is 37.6 Å². The maximum absolute atomic E-state index is 10.4. The Bertz CT molecular complexity index is 508. The molecule has 0 saturated heterocycles. The Kier molecular flexibility index (Phi) is 2.97. The van der Waals surface area contributed by atoms with E-state index in [1.54, 1.807) is 5.57 Å². The van der Waals surface area contributed by atoms with Gasteiger partial charge in [0.05, 0.1) is 12.2 Å². The average molecular weight is 288 g/mol. The van der Waals surface area contributed by atoms with E-state index in [1.807, 2.05) is 6.08 Å². The van der Waals surface area contributed by atoms with E-state index in [4.69, 9.17) is 0 Å². The monoisotopic (exact) mass is 288 g/mol. The maximum atomic E-state index is 10.4. The molecular weight excluding hydrogens is 260 g/mol. The normalized spacial score (nSPS) is 55.4. The molecule has 21 heavy (non-hydrogen) atoms. The summed E-state index contributed by atoms with van der Waals surface area (Å²) in [6.45, 7) is 4.68. The topological polar surface area (TPSA) is 40.5 Å². The first-order chi connectivity index (χ1) is 9.95. The summed E-state index contributed by atoms with van der Waals surface area (Å²) in [5.74, 6) is 1.91. The van der Waals surface area contributed by atoms with E-state index in [-0.39, 0.29) is 23.0 Å². The summed E-state index contributed by atoms with van der Waals surface area (Å²) in [7, 11) is 0. The van der Waals surface area contributed by atoms with Gasteiger partial charge in [0.1, 0.15) is 0 Å². The lowest BCUT2D eigenvalue weighted by atomic mass is 9.50. The second kappa shape index (κ2) is 4.45. The van der Waals surface area contributed by atoms with Crippen LogP contribution in [0, 0.1) is 28.6 Å². The molecule has 4 aliphatic rings. The molecule has 0 amide bonds. The van der Waals surface area contributed by atoms with Gasteiger partial charge in [0.15, 0.2) is 0 Å². The van der Waals surface area contributed by atoms with Crippen molar-refractivity contribution in [3.63, 3.8) is 0 Å². The zero-order valence-electron chi connectivity index (χ0n) is 13.3. The highest BCUT2D eigenvalue weighted by Crippen LogP contribution is 2.62. The Morgan fingerprint density at radius 3 is 2.71 bits per heavy atom. The summed E-state index contributed by atoms with van der Waals surface area (Å²) >= 11 is 0. The maximum Gasteiger partial charge on any atom is 0.0724 e. The van der Waals surface area contributed by atoms with Crippen LogP contribution in [-0.4, -0.2) is 22.4 Å². The fourth-order valence-corrected chi connectivity index (χ4v) is 6.06. The molecule has 2 nitrogen and oxygen atoms in total. The van der Waals surface area contributed by atoms with E-state index < -0.39 is 0 Å². The molecule has 0 bridgehead atoms. The van der Waals surface area contributed by atoms with Crippen LogP contribution in [0.5, 0.6) is 0 Å². The van der Waals surface area contributed by atoms with Crippen molar-refractivity contribution in [3.05, 3.63) is 23.8 Å². The van der Waals surface area contributed by atoms with E-state index >= 15 is 0 Å². The lowest BCUT2D eigenvalue weighted by Crippen LogP contribution is -2.47. The van der Waals surface area contributed by atoms with E-state index in [0.717, 1.165) is 19.3 Å². The number of aliphatic hydroxyl groups excluding tert-OH is 2. The van der Waals surface area contributed by atoms with Gasteiger partial charge in [-0.25, -0.2) is 0 Å². The minimum absolute atomic E-state index is 0.106. The zero-order chi connectivity index (χ0) is 14.8. The van der Waals surface area contributed by atoms with Crippen molar-refractivity contribution in [2.75, 3.05) is 0 Å². The molecular formula is C19H28O2. The summed E-state index contributed by atoms with van der Waals surface area (Å²) in [6.07, 6.45) is 13.0. The van der Waals surface area contributed by atoms with Crippen LogP contribution in [-0.2, 0) is 0 Å². The van der Waals surface area contributed by atoms with Gasteiger partial charge in [-0.3, -0.25) is 0 Å². The quantitative estimate of drug-likeness (QED) is 0.670. The van der Waals surface area contributed by atoms with Crippen LogP contribution in [0.3, 0.4) is 0 Å². The van der Waals surface area contributed by atoms with Crippen molar-refractivity contribution in [2.24, 2.45) is 28.6 Å². The molecule has 0 heterocycles. The molecule has 0 spiro atoms. The molecule has 0 aliphatic heterocycles. The average Bonchev–Trinajstić information content (AvgIpc) is 2.76. The molecule has 4 aliphatic carbocycles. The molecule has 0 aromatic heterocycles. The van der Waals surface area contributed by atoms with Crippen molar-refractivity contribution in [2.45, 2.75) is 64.6 Å². The van der Waals surface area contributed by atoms with Crippen molar-refractivity contribution in [3.8, 4) is 0 Å². The third kappa shape index (κ3) is 1.78. The Hall–Kier alpha value is -0.600. The Morgan fingerprint density at radius 1 is 1.10 bits per heavy atom. The predicted molar refractivity (Wildman–Crippen MR) is 83.6 cm³/mol. The number of rotatable bonds is 0. The fourth-order valence-electron chi connectivity index (χ4n) is 6.06. The summed E-state index contributed by atoms with van der Waals surface area (Å²) in [6, 6.07) is 0. The molecule has 116 valence electrons. The molecule has 1 unspecified atom stereocenters. The van der Waals surface area contributed by atoms with E-state index in [2.05, 4.69) is 26.0 Å². The molecule has 2 fully saturated rings. The van der Waals surface area contributed by atoms with Gasteiger partial charge in [-0.05, 0) is 56.3 Å². The van der Waals surface area contributed by atoms with E-state index in [9.17, 15) is 10.2 Å². The lowest BCUT2D eigenvalue weighted by Gasteiger charge is -2.54. The van der Waals surface area contributed by atoms with Crippen LogP contribution < -0.4 is 0 Å². The molecule has 0 aromatic carbocycles. The molecule has 2 heteroatoms. The number of aliphatic hydroxyl groups is 2. The molecule has 7 atom stereocenters. The molecule has 0 aromatic rings. The fraction of sp³-hybridized carbons (Fsp3) is 0.789. The largest absolute Gasteiger partial charge is 0.393 e. The highest BCUT2D eigenvalue weighted by molar-refractivity contribution is 5.34. The van der Waals surface area contributed by atoms with Gasteiger partial charge < -0.3 is 10.2 Å². The van der Waals surface area contributed by atoms with Crippen molar-refractivity contribution in [1.29, 1.82) is 0 Å². The summed E-state index contributed by atoms with van der Waals surface area (Å²) in [5.41, 5.74) is 1.88. The minimum Gasteiger partial charge on any atom is -0.393 e. The van der Waals surface area contributed by atoms with E-state index in [0.29, 0.717) is 17.8 Å². The van der Waals surface area contributed by atoms with Crippen molar-refractivity contribution < 1.29 is 10.2 Å². The Balaban J connectivity index is 1.74. The second-order valence-electron chi connectivity index (χ2n) is 8.39. The predicted octanol–water partition coefficient (Wildman–Crippen LogP) is 3.45. The number of hydrogen-bond acceptors (Lipinski definition) is 2. The SMILES string of the molecule is C[C@]12CC=C3[C@@H](CCC4C[C@@H](O)C=C[C@]34C)[C@@H]1CC[C@@H]2O. The number of allylic oxidation sites excluding steroid dienone is 3. The van der Waals surface area contributed by atoms with Gasteiger partial charge in [0.25, 0.3) is 0 Å². The van der Waals surface area contributed by atoms with Gasteiger partial charge in [-0.15, -0.1) is 0 Å². The lowest BCUT2D eigenvalue weighted by molar-refractivity contribution is 0.00130. The third-order valence-corrected chi connectivity index (χ3v) is 7.49. The van der Waals surface area contributed by atoms with Crippen LogP contribution in [0.1, 0.15) is 52.4 Å². The number of fused-ring (bicyclic) bond motifs is 5. The standard InChI is InChI=1S/C19H28O2/c1-18-9-7-13(20)11-12(18)3-4-14-15-5-6-17(21)19(15,2)10-8-16(14)18/h7-9,12-15,17,20-21H,3-6,10-11H2,1-2H3/t12?,13-,14-,15-,17-,18-,19-/m0/s1. The van der Waals surface area contributed by atoms with E-state index in [1.165, 1.54) is 19.3 Å². The van der Waals surface area contributed by atoms with Crippen LogP contribution in [0.4, 0.5) is 0 Å². The first kappa shape index (κ1) is 14.0. The molecule has 4 rings (SSSR count). The second-order valence-corrected chi connectivity index (χ2v) is 8.39. The van der Waals surface area contributed by atoms with Crippen molar-refractivity contribution in [1.82, 2.24) is 0 Å². The molecule has 0 radical (unpaired) electrons. The first-order valence-corrected chi connectivity index (χ1v) is 8.71. The molecule has 2 saturated carbocycles. The van der Waals surface area contributed by atoms with Gasteiger partial charge in [-0.2, -0.15) is 0 Å². The minimum atomic E-state index is -0.248. The van der Waals surface area contributed by atoms with Crippen LogP contribution in [0.25, 0.3) is 0 Å². The van der Waals surface area contributed by atoms with Gasteiger partial charge in [0, 0.05) is 10.8 Å². The Morgan fingerprint density at radius 2 is 1.90 bits per heavy atom. The summed E-state index contributed by atoms with van der Waals surface area (Å²) in [4.78, 5) is 0. The van der Waals surface area contributed by atoms with Crippen LogP contribution in [0.2, 0.25) is 0 Å². The third-order valence-electron chi connectivity index (χ3n) is 7.49. The van der Waals surface area contributed by atoms with Crippen LogP contribution in [0.15, 0.2) is 23.8 Å². The zero-order valence-corrected chi connectivity index (χ0v) is 13.3. The highest BCUT2D eigenvalue weighted by Gasteiger charge is 2.56.